The van der Waals surface area contributed by atoms with E-state index in [1.54, 1.807) is 6.92 Å². The van der Waals surface area contributed by atoms with Crippen molar-refractivity contribution in [3.05, 3.63) is 11.1 Å². The minimum Gasteiger partial charge on any atom is -0.504 e. The number of hydrogen-bond donors (Lipinski definition) is 2. The van der Waals surface area contributed by atoms with Gasteiger partial charge in [0.1, 0.15) is 5.75 Å². The molecule has 1 aromatic rings. The minimum atomic E-state index is -4.74. The van der Waals surface area contributed by atoms with Gasteiger partial charge in [-0.15, -0.1) is 0 Å². The van der Waals surface area contributed by atoms with Crippen LogP contribution >= 0.6 is 0 Å². The third-order valence-electron chi connectivity index (χ3n) is 6.07. The van der Waals surface area contributed by atoms with Crippen molar-refractivity contribution in [2.24, 2.45) is 22.2 Å². The summed E-state index contributed by atoms with van der Waals surface area (Å²) < 4.78 is 45.8. The molecule has 1 unspecified atom stereocenters. The lowest BCUT2D eigenvalue weighted by Gasteiger charge is -2.49. The Labute approximate surface area is 195 Å². The van der Waals surface area contributed by atoms with Crippen LogP contribution in [0.15, 0.2) is 4.90 Å². The number of phenolic OH excluding ortho intramolecular Hbond substituents is 1. The third kappa shape index (κ3) is 6.10. The van der Waals surface area contributed by atoms with Crippen LogP contribution in [0.4, 0.5) is 0 Å². The average molecular weight is 473 g/mol. The van der Waals surface area contributed by atoms with Crippen molar-refractivity contribution in [1.29, 1.82) is 0 Å². The number of aromatic hydroxyl groups is 1. The lowest BCUT2D eigenvalue weighted by atomic mass is 9.56. The fourth-order valence-corrected chi connectivity index (χ4v) is 7.10. The first-order chi connectivity index (χ1) is 14.2. The van der Waals surface area contributed by atoms with Crippen LogP contribution in [0.3, 0.4) is 0 Å². The number of methoxy groups -OCH3 is 2. The Hall–Kier alpha value is -1.47. The van der Waals surface area contributed by atoms with Gasteiger partial charge in [-0.05, 0) is 47.8 Å². The van der Waals surface area contributed by atoms with Crippen LogP contribution < -0.4 is 9.47 Å². The van der Waals surface area contributed by atoms with Crippen molar-refractivity contribution in [2.45, 2.75) is 92.9 Å². The summed E-state index contributed by atoms with van der Waals surface area (Å²) in [6.45, 7) is 21.3. The summed E-state index contributed by atoms with van der Waals surface area (Å²) in [5, 5.41) is 11.0. The predicted molar refractivity (Wildman–Crippen MR) is 130 cm³/mol. The Morgan fingerprint density at radius 1 is 0.906 bits per heavy atom. The molecule has 0 fully saturated rings. The van der Waals surface area contributed by atoms with Gasteiger partial charge in [0.25, 0.3) is 0 Å². The molecule has 2 N–H and O–H groups in total. The highest BCUT2D eigenvalue weighted by molar-refractivity contribution is 7.86. The van der Waals surface area contributed by atoms with Crippen LogP contribution in [0.5, 0.6) is 17.2 Å². The van der Waals surface area contributed by atoms with Crippen LogP contribution in [0.25, 0.3) is 0 Å². The van der Waals surface area contributed by atoms with Gasteiger partial charge < -0.3 is 14.6 Å². The fraction of sp³-hybridized carbons (Fsp3) is 0.760. The maximum Gasteiger partial charge on any atom is 0.302 e. The number of benzene rings is 1. The first kappa shape index (κ1) is 28.6. The van der Waals surface area contributed by atoms with E-state index in [0.717, 1.165) is 12.8 Å². The van der Waals surface area contributed by atoms with Crippen molar-refractivity contribution < 1.29 is 27.6 Å². The number of rotatable bonds is 9. The molecule has 0 aliphatic heterocycles. The second-order valence-corrected chi connectivity index (χ2v) is 13.4. The van der Waals surface area contributed by atoms with Gasteiger partial charge >= 0.3 is 10.1 Å². The van der Waals surface area contributed by atoms with Crippen molar-refractivity contribution in [2.75, 3.05) is 14.2 Å². The molecular weight excluding hydrogens is 428 g/mol. The number of ether oxygens (including phenoxy) is 2. The summed E-state index contributed by atoms with van der Waals surface area (Å²) in [5.41, 5.74) is 0.523. The van der Waals surface area contributed by atoms with Gasteiger partial charge in [-0.1, -0.05) is 62.3 Å². The van der Waals surface area contributed by atoms with Gasteiger partial charge in [0.15, 0.2) is 16.4 Å². The molecule has 1 rings (SSSR count). The van der Waals surface area contributed by atoms with Gasteiger partial charge in [0.05, 0.1) is 14.2 Å². The molecule has 0 saturated heterocycles. The minimum absolute atomic E-state index is 0.0111. The Morgan fingerprint density at radius 3 is 1.72 bits per heavy atom. The molecule has 0 aliphatic carbocycles. The second kappa shape index (κ2) is 9.41. The Balaban J connectivity index is 4.22. The van der Waals surface area contributed by atoms with Crippen LogP contribution in [-0.2, 0) is 10.1 Å². The van der Waals surface area contributed by atoms with Gasteiger partial charge in [0, 0.05) is 11.1 Å². The standard InChI is InChI=1S/C25H44O6S/c1-15(2)13-24(7,8)22(25(9,10)14-23(4,5)6)17-16(3)18(26)20(31-12)21(19(17)30-11)32(27,28)29/h15,22,26H,13-14H2,1-12H3,(H,27,28,29). The van der Waals surface area contributed by atoms with Crippen LogP contribution in [0, 0.1) is 29.1 Å². The van der Waals surface area contributed by atoms with E-state index < -0.39 is 15.0 Å². The Bertz CT molecular complexity index is 921. The molecule has 0 aliphatic rings. The molecule has 0 amide bonds. The highest BCUT2D eigenvalue weighted by Gasteiger charge is 2.47. The quantitative estimate of drug-likeness (QED) is 0.394. The monoisotopic (exact) mass is 472 g/mol. The summed E-state index contributed by atoms with van der Waals surface area (Å²) in [5.74, 6) is -0.364. The zero-order valence-electron chi connectivity index (χ0n) is 22.0. The molecule has 0 spiro atoms. The third-order valence-corrected chi connectivity index (χ3v) is 6.96. The van der Waals surface area contributed by atoms with Gasteiger partial charge in [-0.3, -0.25) is 4.55 Å². The van der Waals surface area contributed by atoms with Crippen LogP contribution in [0.1, 0.15) is 92.2 Å². The molecule has 0 aromatic heterocycles. The van der Waals surface area contributed by atoms with Crippen molar-refractivity contribution in [3.63, 3.8) is 0 Å². The normalized spacial score (nSPS) is 14.6. The fourth-order valence-electron chi connectivity index (χ4n) is 6.25. The molecule has 1 atom stereocenters. The van der Waals surface area contributed by atoms with Gasteiger partial charge in [0.2, 0.25) is 0 Å². The molecule has 186 valence electrons. The summed E-state index contributed by atoms with van der Waals surface area (Å²) in [4.78, 5) is -0.530. The van der Waals surface area contributed by atoms with Crippen molar-refractivity contribution in [1.82, 2.24) is 0 Å². The van der Waals surface area contributed by atoms with E-state index in [4.69, 9.17) is 9.47 Å². The second-order valence-electron chi connectivity index (χ2n) is 12.0. The smallest absolute Gasteiger partial charge is 0.302 e. The maximum atomic E-state index is 12.4. The van der Waals surface area contributed by atoms with E-state index in [0.29, 0.717) is 17.0 Å². The average Bonchev–Trinajstić information content (AvgIpc) is 2.53. The Morgan fingerprint density at radius 2 is 1.38 bits per heavy atom. The first-order valence-corrected chi connectivity index (χ1v) is 12.6. The SMILES string of the molecule is COc1c(O)c(C)c(C(C(C)(C)CC(C)C)C(C)(C)CC(C)(C)C)c(OC)c1S(=O)(=O)O. The molecule has 7 heteroatoms. The van der Waals surface area contributed by atoms with E-state index >= 15 is 0 Å². The summed E-state index contributed by atoms with van der Waals surface area (Å²) in [6, 6.07) is 0. The lowest BCUT2D eigenvalue weighted by molar-refractivity contribution is 0.0762. The van der Waals surface area contributed by atoms with Crippen molar-refractivity contribution >= 4 is 10.1 Å². The largest absolute Gasteiger partial charge is 0.504 e. The maximum absolute atomic E-state index is 12.4. The van der Waals surface area contributed by atoms with E-state index in [2.05, 4.69) is 62.3 Å². The van der Waals surface area contributed by atoms with Gasteiger partial charge in [-0.25, -0.2) is 0 Å². The topological polar surface area (TPSA) is 93.1 Å². The summed E-state index contributed by atoms with van der Waals surface area (Å²) >= 11 is 0. The first-order valence-electron chi connectivity index (χ1n) is 11.2. The van der Waals surface area contributed by atoms with E-state index in [9.17, 15) is 18.1 Å². The molecule has 32 heavy (non-hydrogen) atoms. The highest BCUT2D eigenvalue weighted by Crippen LogP contribution is 2.60. The predicted octanol–water partition coefficient (Wildman–Crippen LogP) is 6.58. The molecule has 1 aromatic carbocycles. The van der Waals surface area contributed by atoms with Gasteiger partial charge in [-0.2, -0.15) is 8.42 Å². The molecule has 0 radical (unpaired) electrons. The van der Waals surface area contributed by atoms with Crippen LogP contribution in [0.2, 0.25) is 0 Å². The number of hydrogen-bond acceptors (Lipinski definition) is 5. The summed E-state index contributed by atoms with van der Waals surface area (Å²) in [7, 11) is -2.11. The molecule has 0 heterocycles. The number of phenols is 1. The Kier molecular flexibility index (Phi) is 8.40. The highest BCUT2D eigenvalue weighted by atomic mass is 32.2. The lowest BCUT2D eigenvalue weighted by Crippen LogP contribution is -2.38. The van der Waals surface area contributed by atoms with Crippen LogP contribution in [-0.4, -0.2) is 32.3 Å². The van der Waals surface area contributed by atoms with E-state index in [-0.39, 0.29) is 39.4 Å². The molecule has 0 bridgehead atoms. The van der Waals surface area contributed by atoms with E-state index in [1.807, 2.05) is 0 Å². The van der Waals surface area contributed by atoms with Crippen molar-refractivity contribution in [3.8, 4) is 17.2 Å². The van der Waals surface area contributed by atoms with E-state index in [1.165, 1.54) is 14.2 Å². The zero-order chi connectivity index (χ0) is 25.4. The zero-order valence-corrected chi connectivity index (χ0v) is 22.8. The molecular formula is C25H44O6S. The molecule has 6 nitrogen and oxygen atoms in total. The summed E-state index contributed by atoms with van der Waals surface area (Å²) in [6.07, 6.45) is 1.73. The molecule has 0 saturated carbocycles.